The van der Waals surface area contributed by atoms with Crippen LogP contribution in [0.5, 0.6) is 5.75 Å². The number of likely N-dealkylation sites (tertiary alicyclic amines) is 1. The molecule has 1 fully saturated rings. The monoisotopic (exact) mass is 330 g/mol. The van der Waals surface area contributed by atoms with E-state index in [1.54, 1.807) is 7.11 Å². The summed E-state index contributed by atoms with van der Waals surface area (Å²) in [5.74, 6) is 1.27. The Morgan fingerprint density at radius 3 is 2.71 bits per heavy atom. The van der Waals surface area contributed by atoms with E-state index in [0.717, 1.165) is 49.0 Å². The van der Waals surface area contributed by atoms with E-state index in [0.29, 0.717) is 11.6 Å². The first-order chi connectivity index (χ1) is 11.4. The molecule has 1 saturated heterocycles. The Hall–Kier alpha value is -2.01. The number of H-pyrrole nitrogens is 1. The van der Waals surface area contributed by atoms with Gasteiger partial charge in [0.1, 0.15) is 11.4 Å². The van der Waals surface area contributed by atoms with Crippen molar-refractivity contribution in [2.45, 2.75) is 38.7 Å². The second kappa shape index (κ2) is 6.48. The van der Waals surface area contributed by atoms with E-state index >= 15 is 0 Å². The number of aliphatic hydroxyl groups is 1. The van der Waals surface area contributed by atoms with E-state index in [2.05, 4.69) is 4.98 Å². The van der Waals surface area contributed by atoms with Crippen LogP contribution in [-0.4, -0.2) is 46.7 Å². The Morgan fingerprint density at radius 2 is 2.08 bits per heavy atom. The number of piperidine rings is 1. The first kappa shape index (κ1) is 16.8. The zero-order valence-electron chi connectivity index (χ0n) is 14.6. The highest BCUT2D eigenvalue weighted by atomic mass is 16.5. The molecule has 0 atom stereocenters. The third-order valence-electron chi connectivity index (χ3n) is 4.76. The van der Waals surface area contributed by atoms with Crippen LogP contribution in [0.2, 0.25) is 0 Å². The summed E-state index contributed by atoms with van der Waals surface area (Å²) in [4.78, 5) is 17.9. The number of methoxy groups -OCH3 is 1. The summed E-state index contributed by atoms with van der Waals surface area (Å²) in [6, 6.07) is 7.67. The number of fused-ring (bicyclic) bond motifs is 1. The van der Waals surface area contributed by atoms with Crippen molar-refractivity contribution in [1.29, 1.82) is 0 Å². The fraction of sp³-hybridized carbons (Fsp3) is 0.526. The number of rotatable bonds is 4. The lowest BCUT2D eigenvalue weighted by Crippen LogP contribution is -2.40. The molecule has 3 rings (SSSR count). The van der Waals surface area contributed by atoms with E-state index < -0.39 is 5.60 Å². The molecule has 5 heteroatoms. The van der Waals surface area contributed by atoms with Crippen LogP contribution in [0, 0.1) is 5.92 Å². The largest absolute Gasteiger partial charge is 0.495 e. The highest BCUT2D eigenvalue weighted by Gasteiger charge is 2.28. The fourth-order valence-electron chi connectivity index (χ4n) is 3.63. The molecule has 0 spiro atoms. The minimum atomic E-state index is -0.634. The summed E-state index contributed by atoms with van der Waals surface area (Å²) < 4.78 is 5.35. The quantitative estimate of drug-likeness (QED) is 0.905. The van der Waals surface area contributed by atoms with Crippen LogP contribution in [0.4, 0.5) is 0 Å². The minimum absolute atomic E-state index is 0.0370. The third kappa shape index (κ3) is 3.56. The Balaban J connectivity index is 1.70. The highest BCUT2D eigenvalue weighted by Crippen LogP contribution is 2.29. The zero-order chi connectivity index (χ0) is 17.3. The lowest BCUT2D eigenvalue weighted by Gasteiger charge is -2.34. The van der Waals surface area contributed by atoms with Crippen LogP contribution in [0.15, 0.2) is 24.3 Å². The average molecular weight is 330 g/mol. The summed E-state index contributed by atoms with van der Waals surface area (Å²) in [6.45, 7) is 5.18. The number of aromatic nitrogens is 1. The predicted molar refractivity (Wildman–Crippen MR) is 94.4 cm³/mol. The fourth-order valence-corrected chi connectivity index (χ4v) is 3.63. The van der Waals surface area contributed by atoms with Crippen molar-refractivity contribution in [2.24, 2.45) is 5.92 Å². The Labute approximate surface area is 142 Å². The van der Waals surface area contributed by atoms with Gasteiger partial charge in [-0.05, 0) is 51.2 Å². The summed E-state index contributed by atoms with van der Waals surface area (Å²) in [6.07, 6.45) is 2.68. The van der Waals surface area contributed by atoms with Gasteiger partial charge in [0.15, 0.2) is 0 Å². The second-order valence-electron chi connectivity index (χ2n) is 7.36. The van der Waals surface area contributed by atoms with Crippen LogP contribution < -0.4 is 4.74 Å². The molecular formula is C19H26N2O3. The zero-order valence-corrected chi connectivity index (χ0v) is 14.6. The average Bonchev–Trinajstić information content (AvgIpc) is 2.97. The maximum absolute atomic E-state index is 12.8. The minimum Gasteiger partial charge on any atom is -0.495 e. The van der Waals surface area contributed by atoms with Crippen molar-refractivity contribution in [1.82, 2.24) is 9.88 Å². The number of nitrogens with one attached hydrogen (secondary N) is 1. The first-order valence-electron chi connectivity index (χ1n) is 8.55. The van der Waals surface area contributed by atoms with Crippen LogP contribution in [-0.2, 0) is 0 Å². The lowest BCUT2D eigenvalue weighted by atomic mass is 9.86. The van der Waals surface area contributed by atoms with Crippen LogP contribution >= 0.6 is 0 Å². The van der Waals surface area contributed by atoms with Crippen molar-refractivity contribution in [3.05, 3.63) is 30.0 Å². The van der Waals surface area contributed by atoms with Crippen LogP contribution in [0.3, 0.4) is 0 Å². The van der Waals surface area contributed by atoms with Crippen molar-refractivity contribution in [3.63, 3.8) is 0 Å². The van der Waals surface area contributed by atoms with E-state index in [-0.39, 0.29) is 5.91 Å². The van der Waals surface area contributed by atoms with Gasteiger partial charge in [0.2, 0.25) is 0 Å². The van der Waals surface area contributed by atoms with Crippen molar-refractivity contribution in [2.75, 3.05) is 20.2 Å². The summed E-state index contributed by atoms with van der Waals surface area (Å²) in [5.41, 5.74) is 0.834. The lowest BCUT2D eigenvalue weighted by molar-refractivity contribution is 0.0357. The van der Waals surface area contributed by atoms with Gasteiger partial charge in [-0.1, -0.05) is 12.1 Å². The van der Waals surface area contributed by atoms with Gasteiger partial charge >= 0.3 is 0 Å². The molecule has 0 saturated carbocycles. The predicted octanol–water partition coefficient (Wildman–Crippen LogP) is 3.19. The molecule has 130 valence electrons. The smallest absolute Gasteiger partial charge is 0.270 e. The molecule has 1 aromatic heterocycles. The van der Waals surface area contributed by atoms with Gasteiger partial charge in [0.25, 0.3) is 5.91 Å². The van der Waals surface area contributed by atoms with Gasteiger partial charge < -0.3 is 19.7 Å². The van der Waals surface area contributed by atoms with Gasteiger partial charge in [0.05, 0.1) is 18.2 Å². The molecule has 0 unspecified atom stereocenters. The molecule has 2 heterocycles. The first-order valence-corrected chi connectivity index (χ1v) is 8.55. The SMILES string of the molecule is COc1cccc2cc(C(=O)N3CCC(CC(C)(C)O)CC3)[nH]c12. The molecule has 24 heavy (non-hydrogen) atoms. The molecule has 2 N–H and O–H groups in total. The van der Waals surface area contributed by atoms with Gasteiger partial charge in [-0.15, -0.1) is 0 Å². The number of amides is 1. The van der Waals surface area contributed by atoms with Gasteiger partial charge in [-0.2, -0.15) is 0 Å². The number of carbonyl (C=O) groups excluding carboxylic acids is 1. The van der Waals surface area contributed by atoms with E-state index in [4.69, 9.17) is 4.74 Å². The van der Waals surface area contributed by atoms with Gasteiger partial charge in [0, 0.05) is 18.5 Å². The van der Waals surface area contributed by atoms with Crippen molar-refractivity contribution >= 4 is 16.8 Å². The standard InChI is InChI=1S/C19H26N2O3/c1-19(2,23)12-13-7-9-21(10-8-13)18(22)15-11-14-5-4-6-16(24-3)17(14)20-15/h4-6,11,13,20,23H,7-10,12H2,1-3H3. The number of ether oxygens (including phenoxy) is 1. The molecule has 0 aliphatic carbocycles. The maximum atomic E-state index is 12.8. The molecule has 5 nitrogen and oxygen atoms in total. The van der Waals surface area contributed by atoms with Crippen molar-refractivity contribution < 1.29 is 14.6 Å². The number of para-hydroxylation sites is 1. The molecular weight excluding hydrogens is 304 g/mol. The van der Waals surface area contributed by atoms with E-state index in [1.807, 2.05) is 43.0 Å². The normalized spacial score (nSPS) is 16.6. The number of carbonyl (C=O) groups is 1. The van der Waals surface area contributed by atoms with Crippen LogP contribution in [0.25, 0.3) is 10.9 Å². The molecule has 1 amide bonds. The highest BCUT2D eigenvalue weighted by molar-refractivity contribution is 5.99. The van der Waals surface area contributed by atoms with E-state index in [9.17, 15) is 9.90 Å². The number of nitrogens with zero attached hydrogens (tertiary/aromatic N) is 1. The van der Waals surface area contributed by atoms with Crippen LogP contribution in [0.1, 0.15) is 43.6 Å². The number of benzene rings is 1. The number of hydrogen-bond acceptors (Lipinski definition) is 3. The Morgan fingerprint density at radius 1 is 1.38 bits per heavy atom. The molecule has 0 radical (unpaired) electrons. The van der Waals surface area contributed by atoms with Crippen molar-refractivity contribution in [3.8, 4) is 5.75 Å². The number of hydrogen-bond donors (Lipinski definition) is 2. The molecule has 1 aliphatic heterocycles. The van der Waals surface area contributed by atoms with E-state index in [1.165, 1.54) is 0 Å². The molecule has 1 aliphatic rings. The molecule has 0 bridgehead atoms. The third-order valence-corrected chi connectivity index (χ3v) is 4.76. The number of aromatic amines is 1. The maximum Gasteiger partial charge on any atom is 0.270 e. The topological polar surface area (TPSA) is 65.6 Å². The Bertz CT molecular complexity index is 722. The Kier molecular flexibility index (Phi) is 4.54. The second-order valence-corrected chi connectivity index (χ2v) is 7.36. The molecule has 2 aromatic rings. The summed E-state index contributed by atoms with van der Waals surface area (Å²) in [7, 11) is 1.63. The molecule has 1 aromatic carbocycles. The van der Waals surface area contributed by atoms with Gasteiger partial charge in [-0.25, -0.2) is 0 Å². The summed E-state index contributed by atoms with van der Waals surface area (Å²) in [5, 5.41) is 10.9. The summed E-state index contributed by atoms with van der Waals surface area (Å²) >= 11 is 0. The van der Waals surface area contributed by atoms with Gasteiger partial charge in [-0.3, -0.25) is 4.79 Å².